The van der Waals surface area contributed by atoms with Crippen LogP contribution in [-0.4, -0.2) is 61.1 Å². The topological polar surface area (TPSA) is 61.6 Å². The van der Waals surface area contributed by atoms with Crippen LogP contribution in [0.25, 0.3) is 0 Å². The Hall–Kier alpha value is -0.810. The van der Waals surface area contributed by atoms with Gasteiger partial charge >= 0.3 is 6.03 Å². The summed E-state index contributed by atoms with van der Waals surface area (Å²) in [4.78, 5) is 16.0. The maximum Gasteiger partial charge on any atom is 0.317 e. The van der Waals surface area contributed by atoms with E-state index >= 15 is 0 Å². The lowest BCUT2D eigenvalue weighted by Gasteiger charge is -2.36. The van der Waals surface area contributed by atoms with Gasteiger partial charge in [0.25, 0.3) is 0 Å². The molecule has 1 atom stereocenters. The number of piperazine rings is 1. The van der Waals surface area contributed by atoms with E-state index in [1.54, 1.807) is 0 Å². The molecule has 1 aliphatic rings. The number of nitrogens with zero attached hydrogens (tertiary/aromatic N) is 2. The van der Waals surface area contributed by atoms with Gasteiger partial charge < -0.3 is 16.0 Å². The predicted molar refractivity (Wildman–Crippen MR) is 69.9 cm³/mol. The minimum Gasteiger partial charge on any atom is -0.336 e. The molecule has 0 saturated carbocycles. The second-order valence-corrected chi connectivity index (χ2v) is 5.23. The fraction of sp³-hybridized carbons (Fsp3) is 0.917. The monoisotopic (exact) mass is 242 g/mol. The van der Waals surface area contributed by atoms with Crippen LogP contribution in [-0.2, 0) is 0 Å². The molecular weight excluding hydrogens is 216 g/mol. The summed E-state index contributed by atoms with van der Waals surface area (Å²) in [5.74, 6) is 0.533. The Morgan fingerprint density at radius 2 is 1.82 bits per heavy atom. The average Bonchev–Trinajstić information content (AvgIpc) is 2.28. The first-order valence-electron chi connectivity index (χ1n) is 6.50. The Kier molecular flexibility index (Phi) is 5.71. The van der Waals surface area contributed by atoms with Crippen molar-refractivity contribution < 1.29 is 4.79 Å². The first-order valence-corrected chi connectivity index (χ1v) is 6.50. The van der Waals surface area contributed by atoms with Gasteiger partial charge in [0.15, 0.2) is 0 Å². The average molecular weight is 242 g/mol. The molecule has 1 unspecified atom stereocenters. The van der Waals surface area contributed by atoms with Gasteiger partial charge in [0.05, 0.1) is 0 Å². The number of nitrogens with one attached hydrogen (secondary N) is 1. The van der Waals surface area contributed by atoms with Crippen LogP contribution in [0.4, 0.5) is 4.79 Å². The minimum absolute atomic E-state index is 0.0616. The van der Waals surface area contributed by atoms with E-state index < -0.39 is 0 Å². The fourth-order valence-corrected chi connectivity index (χ4v) is 1.99. The summed E-state index contributed by atoms with van der Waals surface area (Å²) in [6.45, 7) is 11.4. The number of carbonyl (C=O) groups excluding carboxylic acids is 1. The third kappa shape index (κ3) is 4.91. The lowest BCUT2D eigenvalue weighted by Crippen LogP contribution is -2.53. The van der Waals surface area contributed by atoms with Crippen molar-refractivity contribution >= 4 is 6.03 Å². The highest BCUT2D eigenvalue weighted by Gasteiger charge is 2.21. The Bertz CT molecular complexity index is 237. The maximum absolute atomic E-state index is 11.8. The van der Waals surface area contributed by atoms with E-state index in [2.05, 4.69) is 17.1 Å². The third-order valence-electron chi connectivity index (χ3n) is 3.04. The van der Waals surface area contributed by atoms with Gasteiger partial charge in [0.2, 0.25) is 0 Å². The molecular formula is C12H26N4O. The first-order chi connectivity index (χ1) is 8.02. The molecule has 1 heterocycles. The molecule has 17 heavy (non-hydrogen) atoms. The van der Waals surface area contributed by atoms with Crippen molar-refractivity contribution in [3.8, 4) is 0 Å². The molecule has 1 saturated heterocycles. The molecule has 2 amide bonds. The van der Waals surface area contributed by atoms with Gasteiger partial charge in [-0.15, -0.1) is 0 Å². The Balaban J connectivity index is 2.28. The van der Waals surface area contributed by atoms with Gasteiger partial charge in [-0.2, -0.15) is 0 Å². The quantitative estimate of drug-likeness (QED) is 0.746. The van der Waals surface area contributed by atoms with Gasteiger partial charge in [-0.1, -0.05) is 6.92 Å². The number of amides is 2. The number of nitrogens with two attached hydrogens (primary N) is 1. The predicted octanol–water partition coefficient (Wildman–Crippen LogP) is 0.317. The summed E-state index contributed by atoms with van der Waals surface area (Å²) in [6, 6.07) is 0.268. The van der Waals surface area contributed by atoms with Crippen LogP contribution in [0.15, 0.2) is 0 Å². The summed E-state index contributed by atoms with van der Waals surface area (Å²) in [5.41, 5.74) is 5.62. The van der Waals surface area contributed by atoms with Crippen molar-refractivity contribution in [3.05, 3.63) is 0 Å². The number of carbonyl (C=O) groups is 1. The van der Waals surface area contributed by atoms with Crippen LogP contribution in [0.3, 0.4) is 0 Å². The minimum atomic E-state index is 0.0616. The molecule has 0 radical (unpaired) electrons. The summed E-state index contributed by atoms with van der Waals surface area (Å²) < 4.78 is 0. The van der Waals surface area contributed by atoms with Crippen LogP contribution in [0.1, 0.15) is 20.8 Å². The zero-order chi connectivity index (χ0) is 12.8. The highest BCUT2D eigenvalue weighted by atomic mass is 16.2. The van der Waals surface area contributed by atoms with Crippen molar-refractivity contribution in [2.24, 2.45) is 11.7 Å². The third-order valence-corrected chi connectivity index (χ3v) is 3.04. The van der Waals surface area contributed by atoms with Crippen LogP contribution >= 0.6 is 0 Å². The fourth-order valence-electron chi connectivity index (χ4n) is 1.99. The lowest BCUT2D eigenvalue weighted by molar-refractivity contribution is 0.129. The molecule has 3 N–H and O–H groups in total. The first kappa shape index (κ1) is 14.3. The van der Waals surface area contributed by atoms with E-state index in [4.69, 9.17) is 5.73 Å². The zero-order valence-corrected chi connectivity index (χ0v) is 11.3. The highest BCUT2D eigenvalue weighted by Crippen LogP contribution is 2.05. The summed E-state index contributed by atoms with van der Waals surface area (Å²) in [5, 5.41) is 2.93. The van der Waals surface area contributed by atoms with Crippen molar-refractivity contribution in [2.45, 2.75) is 26.8 Å². The highest BCUT2D eigenvalue weighted by molar-refractivity contribution is 5.74. The Morgan fingerprint density at radius 3 is 2.29 bits per heavy atom. The van der Waals surface area contributed by atoms with Gasteiger partial charge in [0, 0.05) is 38.8 Å². The van der Waals surface area contributed by atoms with E-state index in [1.165, 1.54) is 0 Å². The van der Waals surface area contributed by atoms with Crippen LogP contribution in [0.5, 0.6) is 0 Å². The number of rotatable bonds is 4. The van der Waals surface area contributed by atoms with Gasteiger partial charge in [-0.05, 0) is 26.3 Å². The zero-order valence-electron chi connectivity index (χ0n) is 11.3. The molecule has 0 aromatic heterocycles. The molecule has 0 bridgehead atoms. The van der Waals surface area contributed by atoms with E-state index in [-0.39, 0.29) is 12.1 Å². The molecule has 5 heteroatoms. The van der Waals surface area contributed by atoms with Crippen molar-refractivity contribution in [1.82, 2.24) is 15.1 Å². The molecule has 100 valence electrons. The molecule has 1 fully saturated rings. The Morgan fingerprint density at radius 1 is 1.24 bits per heavy atom. The molecule has 0 spiro atoms. The van der Waals surface area contributed by atoms with Crippen molar-refractivity contribution in [2.75, 3.05) is 39.3 Å². The van der Waals surface area contributed by atoms with E-state index in [1.807, 2.05) is 18.7 Å². The SMILES string of the molecule is CC(CN)CN1CCN(C(=O)NC(C)C)CC1. The van der Waals surface area contributed by atoms with Crippen LogP contribution < -0.4 is 11.1 Å². The van der Waals surface area contributed by atoms with Crippen molar-refractivity contribution in [1.29, 1.82) is 0 Å². The second-order valence-electron chi connectivity index (χ2n) is 5.23. The van der Waals surface area contributed by atoms with Crippen molar-refractivity contribution in [3.63, 3.8) is 0 Å². The van der Waals surface area contributed by atoms with Crippen LogP contribution in [0, 0.1) is 5.92 Å². The Labute approximate surface area is 104 Å². The molecule has 5 nitrogen and oxygen atoms in total. The number of urea groups is 1. The molecule has 0 aromatic carbocycles. The van der Waals surface area contributed by atoms with Gasteiger partial charge in [0.1, 0.15) is 0 Å². The van der Waals surface area contributed by atoms with E-state index in [0.29, 0.717) is 5.92 Å². The van der Waals surface area contributed by atoms with Crippen LogP contribution in [0.2, 0.25) is 0 Å². The largest absolute Gasteiger partial charge is 0.336 e. The van der Waals surface area contributed by atoms with Gasteiger partial charge in [-0.25, -0.2) is 4.79 Å². The lowest BCUT2D eigenvalue weighted by atomic mass is 10.1. The summed E-state index contributed by atoms with van der Waals surface area (Å²) in [7, 11) is 0. The van der Waals surface area contributed by atoms with E-state index in [0.717, 1.165) is 39.3 Å². The number of hydrogen-bond donors (Lipinski definition) is 2. The van der Waals surface area contributed by atoms with Gasteiger partial charge in [-0.3, -0.25) is 4.90 Å². The number of hydrogen-bond acceptors (Lipinski definition) is 3. The molecule has 1 aliphatic heterocycles. The summed E-state index contributed by atoms with van der Waals surface area (Å²) in [6.07, 6.45) is 0. The smallest absolute Gasteiger partial charge is 0.317 e. The molecule has 1 rings (SSSR count). The normalized spacial score (nSPS) is 19.5. The summed E-state index contributed by atoms with van der Waals surface area (Å²) >= 11 is 0. The molecule has 0 aliphatic carbocycles. The van der Waals surface area contributed by atoms with E-state index in [9.17, 15) is 4.79 Å². The standard InChI is InChI=1S/C12H26N4O/c1-10(2)14-12(17)16-6-4-15(5-7-16)9-11(3)8-13/h10-11H,4-9,13H2,1-3H3,(H,14,17). The second kappa shape index (κ2) is 6.81. The maximum atomic E-state index is 11.8. The molecule has 0 aromatic rings.